The number of benzene rings is 1. The number of hydrogen-bond acceptors (Lipinski definition) is 0. The van der Waals surface area contributed by atoms with Crippen molar-refractivity contribution in [3.63, 3.8) is 0 Å². The lowest BCUT2D eigenvalue weighted by molar-refractivity contribution is 0.334. The summed E-state index contributed by atoms with van der Waals surface area (Å²) in [6.07, 6.45) is 10.1. The molecule has 1 aromatic carbocycles. The van der Waals surface area contributed by atoms with Gasteiger partial charge in [0, 0.05) is 0 Å². The number of allylic oxidation sites excluding steroid dienone is 1. The Labute approximate surface area is 121 Å². The SMILES string of the molecule is C1=C(C2CC3C(C4CC5CC5C4)C23)Cc2ccccc21. The first-order valence-electron chi connectivity index (χ1n) is 8.67. The zero-order valence-electron chi connectivity index (χ0n) is 12.0. The van der Waals surface area contributed by atoms with Gasteiger partial charge in [0.05, 0.1) is 0 Å². The van der Waals surface area contributed by atoms with Crippen LogP contribution in [-0.4, -0.2) is 0 Å². The molecule has 0 radical (unpaired) electrons. The first-order chi connectivity index (χ1) is 9.88. The van der Waals surface area contributed by atoms with E-state index in [4.69, 9.17) is 0 Å². The summed E-state index contributed by atoms with van der Waals surface area (Å²) in [6, 6.07) is 9.01. The quantitative estimate of drug-likeness (QED) is 0.733. The molecule has 0 bridgehead atoms. The second-order valence-corrected chi connectivity index (χ2v) is 8.24. The van der Waals surface area contributed by atoms with Crippen molar-refractivity contribution in [2.24, 2.45) is 41.4 Å². The Balaban J connectivity index is 1.20. The van der Waals surface area contributed by atoms with E-state index in [1.807, 2.05) is 0 Å². The summed E-state index contributed by atoms with van der Waals surface area (Å²) in [5, 5.41) is 0. The summed E-state index contributed by atoms with van der Waals surface area (Å²) in [4.78, 5) is 0. The molecule has 0 heterocycles. The van der Waals surface area contributed by atoms with E-state index >= 15 is 0 Å². The van der Waals surface area contributed by atoms with Gasteiger partial charge in [0.15, 0.2) is 0 Å². The second-order valence-electron chi connectivity index (χ2n) is 8.24. The molecule has 0 heteroatoms. The standard InChI is InChI=1S/C20H22/c1-2-4-12-6-15(5-11(12)3-1)17-10-18-19(20(17)18)16-8-13-7-14(13)9-16/h1-5,13-14,16-20H,6-10H2. The minimum atomic E-state index is 0.967. The summed E-state index contributed by atoms with van der Waals surface area (Å²) in [6.45, 7) is 0. The van der Waals surface area contributed by atoms with E-state index in [0.29, 0.717) is 0 Å². The molecular weight excluding hydrogens is 240 g/mol. The fraction of sp³-hybridized carbons (Fsp3) is 0.600. The molecule has 0 aromatic heterocycles. The van der Waals surface area contributed by atoms with Crippen molar-refractivity contribution >= 4 is 6.08 Å². The summed E-state index contributed by atoms with van der Waals surface area (Å²) < 4.78 is 0. The molecule has 20 heavy (non-hydrogen) atoms. The van der Waals surface area contributed by atoms with Crippen LogP contribution in [0.2, 0.25) is 0 Å². The molecular formula is C20H22. The van der Waals surface area contributed by atoms with Crippen molar-refractivity contribution in [2.75, 3.05) is 0 Å². The van der Waals surface area contributed by atoms with Gasteiger partial charge < -0.3 is 0 Å². The average molecular weight is 262 g/mol. The second kappa shape index (κ2) is 3.40. The van der Waals surface area contributed by atoms with Crippen LogP contribution in [0.4, 0.5) is 0 Å². The fourth-order valence-electron chi connectivity index (χ4n) is 6.25. The largest absolute Gasteiger partial charge is 0.0619 e. The van der Waals surface area contributed by atoms with Gasteiger partial charge in [-0.1, -0.05) is 35.9 Å². The molecule has 4 fully saturated rings. The molecule has 0 aliphatic heterocycles. The third kappa shape index (κ3) is 1.29. The van der Waals surface area contributed by atoms with Crippen LogP contribution in [-0.2, 0) is 6.42 Å². The highest BCUT2D eigenvalue weighted by molar-refractivity contribution is 5.64. The lowest BCUT2D eigenvalue weighted by Gasteiger charge is -2.26. The Morgan fingerprint density at radius 3 is 2.45 bits per heavy atom. The summed E-state index contributed by atoms with van der Waals surface area (Å²) in [5.41, 5.74) is 4.86. The van der Waals surface area contributed by atoms with Crippen LogP contribution in [0.3, 0.4) is 0 Å². The third-order valence-electron chi connectivity index (χ3n) is 7.37. The van der Waals surface area contributed by atoms with E-state index in [0.717, 1.165) is 29.6 Å². The fourth-order valence-corrected chi connectivity index (χ4v) is 6.25. The maximum absolute atomic E-state index is 2.53. The highest BCUT2D eigenvalue weighted by Crippen LogP contribution is 2.73. The van der Waals surface area contributed by atoms with Gasteiger partial charge in [-0.05, 0) is 84.7 Å². The van der Waals surface area contributed by atoms with Crippen LogP contribution >= 0.6 is 0 Å². The van der Waals surface area contributed by atoms with Crippen LogP contribution < -0.4 is 0 Å². The molecule has 5 aliphatic carbocycles. The smallest absolute Gasteiger partial charge is 0.00549 e. The van der Waals surface area contributed by atoms with Gasteiger partial charge in [0.2, 0.25) is 0 Å². The highest BCUT2D eigenvalue weighted by atomic mass is 14.7. The third-order valence-corrected chi connectivity index (χ3v) is 7.37. The van der Waals surface area contributed by atoms with Gasteiger partial charge >= 0.3 is 0 Å². The van der Waals surface area contributed by atoms with Gasteiger partial charge in [-0.15, -0.1) is 0 Å². The van der Waals surface area contributed by atoms with Crippen molar-refractivity contribution in [3.8, 4) is 0 Å². The van der Waals surface area contributed by atoms with E-state index in [1.54, 1.807) is 30.4 Å². The molecule has 6 unspecified atom stereocenters. The van der Waals surface area contributed by atoms with Crippen LogP contribution in [0.15, 0.2) is 29.8 Å². The first-order valence-corrected chi connectivity index (χ1v) is 8.67. The zero-order valence-corrected chi connectivity index (χ0v) is 12.0. The lowest BCUT2D eigenvalue weighted by Crippen LogP contribution is -2.18. The van der Waals surface area contributed by atoms with E-state index < -0.39 is 0 Å². The maximum atomic E-state index is 2.53. The number of rotatable bonds is 2. The van der Waals surface area contributed by atoms with E-state index in [2.05, 4.69) is 30.3 Å². The monoisotopic (exact) mass is 262 g/mol. The van der Waals surface area contributed by atoms with Gasteiger partial charge in [0.1, 0.15) is 0 Å². The van der Waals surface area contributed by atoms with Crippen molar-refractivity contribution < 1.29 is 0 Å². The molecule has 0 saturated heterocycles. The Bertz CT molecular complexity index is 615. The Morgan fingerprint density at radius 1 is 0.800 bits per heavy atom. The molecule has 4 saturated carbocycles. The predicted molar refractivity (Wildman–Crippen MR) is 81.0 cm³/mol. The first kappa shape index (κ1) is 10.7. The van der Waals surface area contributed by atoms with Crippen LogP contribution in [0.25, 0.3) is 6.08 Å². The molecule has 102 valence electrons. The lowest BCUT2D eigenvalue weighted by atomic mass is 9.79. The van der Waals surface area contributed by atoms with Crippen LogP contribution in [0, 0.1) is 41.4 Å². The van der Waals surface area contributed by atoms with Crippen LogP contribution in [0.5, 0.6) is 0 Å². The van der Waals surface area contributed by atoms with Gasteiger partial charge in [0.25, 0.3) is 0 Å². The summed E-state index contributed by atoms with van der Waals surface area (Å²) in [5.74, 6) is 7.86. The molecule has 5 aliphatic rings. The van der Waals surface area contributed by atoms with Crippen molar-refractivity contribution in [3.05, 3.63) is 41.0 Å². The molecule has 0 amide bonds. The predicted octanol–water partition coefficient (Wildman–Crippen LogP) is 4.55. The zero-order chi connectivity index (χ0) is 12.8. The molecule has 0 N–H and O–H groups in total. The van der Waals surface area contributed by atoms with Gasteiger partial charge in [-0.2, -0.15) is 0 Å². The molecule has 0 spiro atoms. The molecule has 6 atom stereocenters. The van der Waals surface area contributed by atoms with Crippen molar-refractivity contribution in [1.29, 1.82) is 0 Å². The average Bonchev–Trinajstić information content (AvgIpc) is 3.14. The van der Waals surface area contributed by atoms with Crippen LogP contribution in [0.1, 0.15) is 36.8 Å². The summed E-state index contributed by atoms with van der Waals surface area (Å²) in [7, 11) is 0. The Hall–Kier alpha value is -1.04. The summed E-state index contributed by atoms with van der Waals surface area (Å²) >= 11 is 0. The van der Waals surface area contributed by atoms with E-state index in [9.17, 15) is 0 Å². The normalized spacial score (nSPS) is 49.8. The molecule has 1 aromatic rings. The Morgan fingerprint density at radius 2 is 1.60 bits per heavy atom. The van der Waals surface area contributed by atoms with E-state index in [-0.39, 0.29) is 0 Å². The number of fused-ring (bicyclic) bond motifs is 3. The minimum absolute atomic E-state index is 0.967. The molecule has 0 nitrogen and oxygen atoms in total. The van der Waals surface area contributed by atoms with Crippen molar-refractivity contribution in [2.45, 2.75) is 32.1 Å². The minimum Gasteiger partial charge on any atom is -0.0619 e. The van der Waals surface area contributed by atoms with Gasteiger partial charge in [-0.3, -0.25) is 0 Å². The molecule has 6 rings (SSSR count). The van der Waals surface area contributed by atoms with Gasteiger partial charge in [-0.25, -0.2) is 0 Å². The Kier molecular flexibility index (Phi) is 1.81. The van der Waals surface area contributed by atoms with E-state index in [1.165, 1.54) is 30.2 Å². The highest BCUT2D eigenvalue weighted by Gasteiger charge is 2.67. The topological polar surface area (TPSA) is 0 Å². The van der Waals surface area contributed by atoms with Crippen molar-refractivity contribution in [1.82, 2.24) is 0 Å². The maximum Gasteiger partial charge on any atom is -0.00549 e. The number of hydrogen-bond donors (Lipinski definition) is 0.